The van der Waals surface area contributed by atoms with Gasteiger partial charge >= 0.3 is 0 Å². The molecule has 1 aromatic heterocycles. The Bertz CT molecular complexity index is 308. The fraction of sp³-hybridized carbons (Fsp3) is 0.833. The number of aromatic nitrogens is 3. The first-order valence-electron chi connectivity index (χ1n) is 6.22. The predicted molar refractivity (Wildman–Crippen MR) is 66.3 cm³/mol. The first-order chi connectivity index (χ1) is 7.65. The molecule has 0 fully saturated rings. The van der Waals surface area contributed by atoms with Crippen molar-refractivity contribution in [1.29, 1.82) is 0 Å². The lowest BCUT2D eigenvalue weighted by Gasteiger charge is -2.28. The van der Waals surface area contributed by atoms with E-state index in [2.05, 4.69) is 43.1 Å². The van der Waals surface area contributed by atoms with Crippen molar-refractivity contribution in [3.63, 3.8) is 0 Å². The van der Waals surface area contributed by atoms with Crippen LogP contribution < -0.4 is 5.32 Å². The fourth-order valence-corrected chi connectivity index (χ4v) is 1.81. The third kappa shape index (κ3) is 3.30. The van der Waals surface area contributed by atoms with Gasteiger partial charge in [0.1, 0.15) is 12.2 Å². The van der Waals surface area contributed by atoms with E-state index >= 15 is 0 Å². The molecular weight excluding hydrogens is 200 g/mol. The van der Waals surface area contributed by atoms with Crippen LogP contribution >= 0.6 is 0 Å². The van der Waals surface area contributed by atoms with Gasteiger partial charge in [0.2, 0.25) is 0 Å². The van der Waals surface area contributed by atoms with Gasteiger partial charge in [-0.05, 0) is 25.3 Å². The molecule has 0 aliphatic carbocycles. The molecule has 1 N–H and O–H groups in total. The second kappa shape index (κ2) is 5.99. The molecule has 92 valence electrons. The van der Waals surface area contributed by atoms with Gasteiger partial charge < -0.3 is 5.32 Å². The predicted octanol–water partition coefficient (Wildman–Crippen LogP) is 1.87. The Labute approximate surface area is 98.5 Å². The molecule has 1 atom stereocenters. The topological polar surface area (TPSA) is 42.7 Å². The molecule has 0 spiro atoms. The standard InChI is InChI=1S/C12H24N4/c1-5-12(4,9-13-6-2)8-11-14-10-15-16(11)7-3/h10,13H,5-9H2,1-4H3. The summed E-state index contributed by atoms with van der Waals surface area (Å²) in [7, 11) is 0. The normalized spacial score (nSPS) is 15.0. The van der Waals surface area contributed by atoms with Crippen LogP contribution in [0.3, 0.4) is 0 Å². The highest BCUT2D eigenvalue weighted by atomic mass is 15.3. The lowest BCUT2D eigenvalue weighted by atomic mass is 9.83. The van der Waals surface area contributed by atoms with E-state index < -0.39 is 0 Å². The average molecular weight is 224 g/mol. The van der Waals surface area contributed by atoms with Gasteiger partial charge in [-0.25, -0.2) is 4.98 Å². The number of hydrogen-bond donors (Lipinski definition) is 1. The van der Waals surface area contributed by atoms with Crippen LogP contribution in [0.4, 0.5) is 0 Å². The van der Waals surface area contributed by atoms with Crippen molar-refractivity contribution in [2.24, 2.45) is 5.41 Å². The van der Waals surface area contributed by atoms with Crippen LogP contribution in [0, 0.1) is 5.41 Å². The first kappa shape index (κ1) is 13.2. The third-order valence-electron chi connectivity index (χ3n) is 3.24. The summed E-state index contributed by atoms with van der Waals surface area (Å²) in [5.74, 6) is 1.10. The summed E-state index contributed by atoms with van der Waals surface area (Å²) >= 11 is 0. The second-order valence-corrected chi connectivity index (χ2v) is 4.61. The smallest absolute Gasteiger partial charge is 0.138 e. The highest BCUT2D eigenvalue weighted by Gasteiger charge is 2.24. The Morgan fingerprint density at radius 2 is 2.12 bits per heavy atom. The maximum Gasteiger partial charge on any atom is 0.138 e. The molecule has 0 saturated carbocycles. The van der Waals surface area contributed by atoms with Crippen LogP contribution in [0.1, 0.15) is 39.9 Å². The van der Waals surface area contributed by atoms with Crippen molar-refractivity contribution in [3.05, 3.63) is 12.2 Å². The average Bonchev–Trinajstić information content (AvgIpc) is 2.73. The quantitative estimate of drug-likeness (QED) is 0.769. The van der Waals surface area contributed by atoms with E-state index in [0.29, 0.717) is 0 Å². The molecule has 1 aromatic rings. The molecule has 0 bridgehead atoms. The maximum absolute atomic E-state index is 4.35. The summed E-state index contributed by atoms with van der Waals surface area (Å²) in [6, 6.07) is 0. The molecule has 1 unspecified atom stereocenters. The van der Waals surface area contributed by atoms with Crippen LogP contribution in [0.2, 0.25) is 0 Å². The monoisotopic (exact) mass is 224 g/mol. The number of hydrogen-bond acceptors (Lipinski definition) is 3. The van der Waals surface area contributed by atoms with Crippen molar-refractivity contribution in [1.82, 2.24) is 20.1 Å². The minimum Gasteiger partial charge on any atom is -0.316 e. The molecule has 0 saturated heterocycles. The van der Waals surface area contributed by atoms with E-state index in [1.807, 2.05) is 4.68 Å². The zero-order valence-corrected chi connectivity index (χ0v) is 11.0. The number of nitrogens with one attached hydrogen (secondary N) is 1. The first-order valence-corrected chi connectivity index (χ1v) is 6.22. The molecule has 0 aliphatic rings. The van der Waals surface area contributed by atoms with E-state index in [4.69, 9.17) is 0 Å². The van der Waals surface area contributed by atoms with Gasteiger partial charge in [0.25, 0.3) is 0 Å². The Balaban J connectivity index is 2.68. The van der Waals surface area contributed by atoms with Gasteiger partial charge in [0.15, 0.2) is 0 Å². The number of nitrogens with zero attached hydrogens (tertiary/aromatic N) is 3. The van der Waals surface area contributed by atoms with E-state index in [1.54, 1.807) is 6.33 Å². The Kier molecular flexibility index (Phi) is 4.93. The number of rotatable bonds is 7. The van der Waals surface area contributed by atoms with Crippen LogP contribution in [0.25, 0.3) is 0 Å². The van der Waals surface area contributed by atoms with Crippen LogP contribution in [0.15, 0.2) is 6.33 Å². The SMILES string of the molecule is CCNCC(C)(CC)Cc1ncnn1CC. The van der Waals surface area contributed by atoms with Crippen molar-refractivity contribution < 1.29 is 0 Å². The maximum atomic E-state index is 4.35. The Hall–Kier alpha value is -0.900. The third-order valence-corrected chi connectivity index (χ3v) is 3.24. The Morgan fingerprint density at radius 3 is 2.69 bits per heavy atom. The van der Waals surface area contributed by atoms with Crippen molar-refractivity contribution >= 4 is 0 Å². The molecule has 16 heavy (non-hydrogen) atoms. The van der Waals surface area contributed by atoms with Crippen LogP contribution in [-0.2, 0) is 13.0 Å². The summed E-state index contributed by atoms with van der Waals surface area (Å²) in [5, 5.41) is 7.65. The van der Waals surface area contributed by atoms with Gasteiger partial charge in [0.05, 0.1) is 0 Å². The lowest BCUT2D eigenvalue weighted by molar-refractivity contribution is 0.282. The molecular formula is C12H24N4. The van der Waals surface area contributed by atoms with Crippen molar-refractivity contribution in [3.8, 4) is 0 Å². The molecule has 0 amide bonds. The molecule has 0 aliphatic heterocycles. The summed E-state index contributed by atoms with van der Waals surface area (Å²) in [6.45, 7) is 11.8. The highest BCUT2D eigenvalue weighted by Crippen LogP contribution is 2.24. The van der Waals surface area contributed by atoms with Crippen LogP contribution in [-0.4, -0.2) is 27.9 Å². The minimum absolute atomic E-state index is 0.274. The van der Waals surface area contributed by atoms with Gasteiger partial charge in [0, 0.05) is 19.5 Å². The van der Waals surface area contributed by atoms with Gasteiger partial charge in [-0.2, -0.15) is 5.10 Å². The molecule has 0 radical (unpaired) electrons. The van der Waals surface area contributed by atoms with E-state index in [9.17, 15) is 0 Å². The molecule has 4 heteroatoms. The fourth-order valence-electron chi connectivity index (χ4n) is 1.81. The molecule has 4 nitrogen and oxygen atoms in total. The van der Waals surface area contributed by atoms with Gasteiger partial charge in [-0.3, -0.25) is 4.68 Å². The zero-order chi connectivity index (χ0) is 12.0. The largest absolute Gasteiger partial charge is 0.316 e. The minimum atomic E-state index is 0.274. The Morgan fingerprint density at radius 1 is 1.38 bits per heavy atom. The van der Waals surface area contributed by atoms with Crippen molar-refractivity contribution in [2.45, 2.75) is 47.1 Å². The molecule has 1 heterocycles. The van der Waals surface area contributed by atoms with Gasteiger partial charge in [-0.15, -0.1) is 0 Å². The molecule has 1 rings (SSSR count). The second-order valence-electron chi connectivity index (χ2n) is 4.61. The molecule has 0 aromatic carbocycles. The summed E-state index contributed by atoms with van der Waals surface area (Å²) in [6.07, 6.45) is 3.79. The number of aryl methyl sites for hydroxylation is 1. The summed E-state index contributed by atoms with van der Waals surface area (Å²) in [4.78, 5) is 4.35. The van der Waals surface area contributed by atoms with Crippen LogP contribution in [0.5, 0.6) is 0 Å². The highest BCUT2D eigenvalue weighted by molar-refractivity contribution is 4.92. The zero-order valence-electron chi connectivity index (χ0n) is 11.0. The lowest BCUT2D eigenvalue weighted by Crippen LogP contribution is -2.34. The summed E-state index contributed by atoms with van der Waals surface area (Å²) < 4.78 is 1.99. The summed E-state index contributed by atoms with van der Waals surface area (Å²) in [5.41, 5.74) is 0.274. The van der Waals surface area contributed by atoms with E-state index in [-0.39, 0.29) is 5.41 Å². The van der Waals surface area contributed by atoms with E-state index in [1.165, 1.54) is 0 Å². The van der Waals surface area contributed by atoms with Crippen molar-refractivity contribution in [2.75, 3.05) is 13.1 Å². The van der Waals surface area contributed by atoms with E-state index in [0.717, 1.165) is 38.3 Å². The van der Waals surface area contributed by atoms with Gasteiger partial charge in [-0.1, -0.05) is 20.8 Å².